The quantitative estimate of drug-likeness (QED) is 0.678. The van der Waals surface area contributed by atoms with Crippen LogP contribution in [0.15, 0.2) is 59.5 Å². The van der Waals surface area contributed by atoms with Gasteiger partial charge in [0.2, 0.25) is 10.0 Å². The molecule has 1 fully saturated rings. The van der Waals surface area contributed by atoms with Gasteiger partial charge >= 0.3 is 12.1 Å². The first kappa shape index (κ1) is 21.8. The molecule has 0 spiro atoms. The van der Waals surface area contributed by atoms with Crippen molar-refractivity contribution in [1.29, 1.82) is 0 Å². The van der Waals surface area contributed by atoms with Gasteiger partial charge in [-0.3, -0.25) is 5.32 Å². The molecule has 0 aliphatic heterocycles. The van der Waals surface area contributed by atoms with Crippen LogP contribution in [0.3, 0.4) is 0 Å². The van der Waals surface area contributed by atoms with E-state index in [-0.39, 0.29) is 22.6 Å². The molecule has 2 aromatic carbocycles. The maximum atomic E-state index is 12.7. The second-order valence-corrected chi connectivity index (χ2v) is 8.73. The Morgan fingerprint density at radius 2 is 1.70 bits per heavy atom. The standard InChI is InChI=1S/C21H24N2O6S/c1-28-20(24)15-10-12-19(13-11-15)30(26,27)23-17-8-5-9-18(14-17)29-21(25)22-16-6-3-2-4-7-16/h2-4,6-7,10-13,17-18,23H,5,8-9,14H2,1H3,(H,22,25)/t17-,18-/m0/s1. The van der Waals surface area contributed by atoms with Crippen molar-refractivity contribution in [2.75, 3.05) is 12.4 Å². The first-order valence-electron chi connectivity index (χ1n) is 9.61. The van der Waals surface area contributed by atoms with Crippen LogP contribution < -0.4 is 10.0 Å². The molecule has 9 heteroatoms. The minimum Gasteiger partial charge on any atom is -0.465 e. The first-order chi connectivity index (χ1) is 14.4. The average molecular weight is 432 g/mol. The van der Waals surface area contributed by atoms with E-state index in [0.717, 1.165) is 6.42 Å². The lowest BCUT2D eigenvalue weighted by atomic mass is 9.94. The van der Waals surface area contributed by atoms with Crippen LogP contribution in [0.4, 0.5) is 10.5 Å². The average Bonchev–Trinajstić information content (AvgIpc) is 2.74. The van der Waals surface area contributed by atoms with Crippen molar-refractivity contribution in [3.63, 3.8) is 0 Å². The molecule has 0 unspecified atom stereocenters. The largest absolute Gasteiger partial charge is 0.465 e. The normalized spacial score (nSPS) is 19.0. The summed E-state index contributed by atoms with van der Waals surface area (Å²) in [5.41, 5.74) is 0.901. The second kappa shape index (κ2) is 9.73. The number of sulfonamides is 1. The van der Waals surface area contributed by atoms with Crippen LogP contribution in [0.5, 0.6) is 0 Å². The van der Waals surface area contributed by atoms with Crippen LogP contribution in [-0.4, -0.2) is 39.7 Å². The van der Waals surface area contributed by atoms with Gasteiger partial charge < -0.3 is 9.47 Å². The van der Waals surface area contributed by atoms with Crippen molar-refractivity contribution in [3.05, 3.63) is 60.2 Å². The number of carbonyl (C=O) groups excluding carboxylic acids is 2. The summed E-state index contributed by atoms with van der Waals surface area (Å²) >= 11 is 0. The molecular formula is C21H24N2O6S. The third-order valence-corrected chi connectivity index (χ3v) is 6.36. The number of rotatable bonds is 6. The minimum atomic E-state index is -3.77. The van der Waals surface area contributed by atoms with Crippen LogP contribution in [0.25, 0.3) is 0 Å². The van der Waals surface area contributed by atoms with E-state index in [1.54, 1.807) is 24.3 Å². The zero-order chi connectivity index (χ0) is 21.6. The number of ether oxygens (including phenoxy) is 2. The van der Waals surface area contributed by atoms with Gasteiger partial charge in [-0.1, -0.05) is 18.2 Å². The number of hydrogen-bond acceptors (Lipinski definition) is 6. The van der Waals surface area contributed by atoms with Crippen LogP contribution in [0, 0.1) is 0 Å². The fraction of sp³-hybridized carbons (Fsp3) is 0.333. The van der Waals surface area contributed by atoms with E-state index in [0.29, 0.717) is 24.9 Å². The van der Waals surface area contributed by atoms with Gasteiger partial charge in [-0.05, 0) is 55.7 Å². The Hall–Kier alpha value is -2.91. The monoisotopic (exact) mass is 432 g/mol. The van der Waals surface area contributed by atoms with Gasteiger partial charge in [0, 0.05) is 18.2 Å². The first-order valence-corrected chi connectivity index (χ1v) is 11.1. The third kappa shape index (κ3) is 5.80. The number of anilines is 1. The van der Waals surface area contributed by atoms with Crippen molar-refractivity contribution >= 4 is 27.8 Å². The van der Waals surface area contributed by atoms with Crippen molar-refractivity contribution in [1.82, 2.24) is 4.72 Å². The van der Waals surface area contributed by atoms with E-state index in [1.807, 2.05) is 6.07 Å². The molecular weight excluding hydrogens is 408 g/mol. The van der Waals surface area contributed by atoms with Gasteiger partial charge in [0.25, 0.3) is 0 Å². The van der Waals surface area contributed by atoms with Crippen LogP contribution in [0.1, 0.15) is 36.0 Å². The summed E-state index contributed by atoms with van der Waals surface area (Å²) in [7, 11) is -2.51. The number of para-hydroxylation sites is 1. The molecule has 2 aromatic rings. The zero-order valence-electron chi connectivity index (χ0n) is 16.5. The summed E-state index contributed by atoms with van der Waals surface area (Å²) in [4.78, 5) is 23.6. The fourth-order valence-corrected chi connectivity index (χ4v) is 4.64. The summed E-state index contributed by atoms with van der Waals surface area (Å²) in [5.74, 6) is -0.534. The fourth-order valence-electron chi connectivity index (χ4n) is 3.35. The maximum Gasteiger partial charge on any atom is 0.411 e. The lowest BCUT2D eigenvalue weighted by molar-refractivity contribution is 0.0600. The van der Waals surface area contributed by atoms with Gasteiger partial charge in [-0.2, -0.15) is 0 Å². The second-order valence-electron chi connectivity index (χ2n) is 7.02. The van der Waals surface area contributed by atoms with Crippen molar-refractivity contribution in [3.8, 4) is 0 Å². The van der Waals surface area contributed by atoms with Crippen molar-refractivity contribution in [2.24, 2.45) is 0 Å². The van der Waals surface area contributed by atoms with Crippen molar-refractivity contribution < 1.29 is 27.5 Å². The summed E-state index contributed by atoms with van der Waals surface area (Å²) in [6, 6.07) is 14.1. The Balaban J connectivity index is 1.57. The van der Waals surface area contributed by atoms with Gasteiger partial charge in [0.15, 0.2) is 0 Å². The number of carbonyl (C=O) groups is 2. The van der Waals surface area contributed by atoms with Gasteiger partial charge in [-0.25, -0.2) is 22.7 Å². The van der Waals surface area contributed by atoms with E-state index in [4.69, 9.17) is 4.74 Å². The van der Waals surface area contributed by atoms with E-state index >= 15 is 0 Å². The molecule has 2 N–H and O–H groups in total. The van der Waals surface area contributed by atoms with Gasteiger partial charge in [0.05, 0.1) is 17.6 Å². The predicted octanol–water partition coefficient (Wildman–Crippen LogP) is 3.31. The molecule has 0 heterocycles. The smallest absolute Gasteiger partial charge is 0.411 e. The molecule has 0 aromatic heterocycles. The summed E-state index contributed by atoms with van der Waals surface area (Å²) in [6.45, 7) is 0. The molecule has 160 valence electrons. The van der Waals surface area contributed by atoms with Crippen LogP contribution >= 0.6 is 0 Å². The van der Waals surface area contributed by atoms with Gasteiger partial charge in [-0.15, -0.1) is 0 Å². The highest BCUT2D eigenvalue weighted by Gasteiger charge is 2.28. The molecule has 2 atom stereocenters. The van der Waals surface area contributed by atoms with E-state index < -0.39 is 22.1 Å². The highest BCUT2D eigenvalue weighted by molar-refractivity contribution is 7.89. The summed E-state index contributed by atoms with van der Waals surface area (Å²) in [5, 5.41) is 2.66. The SMILES string of the molecule is COC(=O)c1ccc(S(=O)(=O)N[C@H]2CCC[C@H](OC(=O)Nc3ccccc3)C2)cc1. The Morgan fingerprint density at radius 1 is 1.00 bits per heavy atom. The number of benzene rings is 2. The number of hydrogen-bond donors (Lipinski definition) is 2. The number of esters is 1. The zero-order valence-corrected chi connectivity index (χ0v) is 17.4. The van der Waals surface area contributed by atoms with Gasteiger partial charge in [0.1, 0.15) is 6.10 Å². The molecule has 1 aliphatic rings. The Labute approximate surface area is 175 Å². The molecule has 30 heavy (non-hydrogen) atoms. The number of nitrogens with one attached hydrogen (secondary N) is 2. The molecule has 8 nitrogen and oxygen atoms in total. The Kier molecular flexibility index (Phi) is 7.07. The molecule has 1 aliphatic carbocycles. The minimum absolute atomic E-state index is 0.0556. The molecule has 3 rings (SSSR count). The predicted molar refractivity (Wildman–Crippen MR) is 111 cm³/mol. The Morgan fingerprint density at radius 3 is 2.37 bits per heavy atom. The summed E-state index contributed by atoms with van der Waals surface area (Å²) in [6.07, 6.45) is 1.51. The third-order valence-electron chi connectivity index (χ3n) is 4.83. The van der Waals surface area contributed by atoms with E-state index in [2.05, 4.69) is 14.8 Å². The van der Waals surface area contributed by atoms with Crippen LogP contribution in [-0.2, 0) is 19.5 Å². The summed E-state index contributed by atoms with van der Waals surface area (Å²) < 4.78 is 38.1. The molecule has 0 bridgehead atoms. The molecule has 1 amide bonds. The lowest BCUT2D eigenvalue weighted by Crippen LogP contribution is -2.41. The topological polar surface area (TPSA) is 111 Å². The number of methoxy groups -OCH3 is 1. The van der Waals surface area contributed by atoms with E-state index in [1.165, 1.54) is 31.4 Å². The van der Waals surface area contributed by atoms with Crippen molar-refractivity contribution in [2.45, 2.75) is 42.7 Å². The van der Waals surface area contributed by atoms with E-state index in [9.17, 15) is 18.0 Å². The molecule has 0 radical (unpaired) electrons. The molecule has 1 saturated carbocycles. The Bertz CT molecular complexity index is 976. The maximum absolute atomic E-state index is 12.7. The highest BCUT2D eigenvalue weighted by atomic mass is 32.2. The van der Waals surface area contributed by atoms with Crippen LogP contribution in [0.2, 0.25) is 0 Å². The molecule has 0 saturated heterocycles. The number of amides is 1. The highest BCUT2D eigenvalue weighted by Crippen LogP contribution is 2.24. The lowest BCUT2D eigenvalue weighted by Gasteiger charge is -2.29.